The predicted octanol–water partition coefficient (Wildman–Crippen LogP) is 2.63. The maximum atomic E-state index is 12.8. The van der Waals surface area contributed by atoms with E-state index in [9.17, 15) is 4.39 Å². The molecule has 1 aromatic rings. The molecule has 3 N–H and O–H groups in total. The first-order chi connectivity index (χ1) is 6.38. The van der Waals surface area contributed by atoms with Crippen molar-refractivity contribution in [1.29, 1.82) is 0 Å². The van der Waals surface area contributed by atoms with Crippen LogP contribution in [0.4, 0.5) is 10.1 Å². The molecule has 0 heterocycles. The summed E-state index contributed by atoms with van der Waals surface area (Å²) < 4.78 is 12.8. The molecule has 0 amide bonds. The summed E-state index contributed by atoms with van der Waals surface area (Å²) in [4.78, 5) is 0. The Balaban J connectivity index is 2.65. The largest absolute Gasteiger partial charge is 0.383 e. The Morgan fingerprint density at radius 3 is 2.64 bits per heavy atom. The first-order valence-electron chi connectivity index (χ1n) is 4.36. The summed E-state index contributed by atoms with van der Waals surface area (Å²) in [6.45, 7) is 4.42. The minimum absolute atomic E-state index is 0.116. The Morgan fingerprint density at radius 1 is 1.50 bits per heavy atom. The van der Waals surface area contributed by atoms with Gasteiger partial charge in [-0.15, -0.1) is 0 Å². The van der Waals surface area contributed by atoms with E-state index in [-0.39, 0.29) is 10.6 Å². The lowest BCUT2D eigenvalue weighted by molar-refractivity contribution is 0.549. The fourth-order valence-corrected chi connectivity index (χ4v) is 1.12. The van der Waals surface area contributed by atoms with Gasteiger partial charge in [0.05, 0.1) is 5.02 Å². The highest BCUT2D eigenvalue weighted by atomic mass is 35.5. The molecule has 0 radical (unpaired) electrons. The monoisotopic (exact) mass is 216 g/mol. The van der Waals surface area contributed by atoms with Crippen LogP contribution in [0.25, 0.3) is 0 Å². The van der Waals surface area contributed by atoms with Gasteiger partial charge in [0.2, 0.25) is 0 Å². The van der Waals surface area contributed by atoms with Gasteiger partial charge in [-0.2, -0.15) is 0 Å². The number of hydrogen-bond donors (Lipinski definition) is 2. The molecule has 0 saturated carbocycles. The third kappa shape index (κ3) is 3.52. The van der Waals surface area contributed by atoms with Crippen molar-refractivity contribution in [1.82, 2.24) is 0 Å². The Hall–Kier alpha value is -0.800. The lowest BCUT2D eigenvalue weighted by Crippen LogP contribution is -2.39. The van der Waals surface area contributed by atoms with Crippen LogP contribution in [0, 0.1) is 5.82 Å². The Labute approximate surface area is 88.2 Å². The van der Waals surface area contributed by atoms with E-state index < -0.39 is 5.82 Å². The number of halogens is 2. The van der Waals surface area contributed by atoms with Crippen LogP contribution in [0.15, 0.2) is 18.2 Å². The second-order valence-corrected chi connectivity index (χ2v) is 4.38. The molecule has 78 valence electrons. The van der Waals surface area contributed by atoms with Gasteiger partial charge in [-0.05, 0) is 32.0 Å². The lowest BCUT2D eigenvalue weighted by atomic mass is 10.1. The topological polar surface area (TPSA) is 38.0 Å². The number of rotatable bonds is 3. The lowest BCUT2D eigenvalue weighted by Gasteiger charge is -2.19. The standard InChI is InChI=1S/C10H14ClFN2/c1-10(2,13)6-14-7-3-4-9(12)8(11)5-7/h3-5,14H,6,13H2,1-2H3. The Kier molecular flexibility index (Phi) is 3.34. The number of nitrogens with two attached hydrogens (primary N) is 1. The summed E-state index contributed by atoms with van der Waals surface area (Å²) in [6.07, 6.45) is 0. The third-order valence-electron chi connectivity index (χ3n) is 1.67. The van der Waals surface area contributed by atoms with Crippen molar-refractivity contribution in [3.8, 4) is 0 Å². The highest BCUT2D eigenvalue weighted by molar-refractivity contribution is 6.31. The summed E-state index contributed by atoms with van der Waals surface area (Å²) in [7, 11) is 0. The van der Waals surface area contributed by atoms with Crippen molar-refractivity contribution in [2.45, 2.75) is 19.4 Å². The summed E-state index contributed by atoms with van der Waals surface area (Å²) in [5.74, 6) is -0.413. The van der Waals surface area contributed by atoms with Crippen LogP contribution in [-0.2, 0) is 0 Å². The molecule has 0 fully saturated rings. The second-order valence-electron chi connectivity index (χ2n) is 3.97. The molecule has 0 aromatic heterocycles. The average Bonchev–Trinajstić information content (AvgIpc) is 2.06. The summed E-state index contributed by atoms with van der Waals surface area (Å²) in [5.41, 5.74) is 6.25. The summed E-state index contributed by atoms with van der Waals surface area (Å²) in [6, 6.07) is 4.50. The van der Waals surface area contributed by atoms with Crippen molar-refractivity contribution in [2.24, 2.45) is 5.73 Å². The first-order valence-corrected chi connectivity index (χ1v) is 4.74. The van der Waals surface area contributed by atoms with Crippen molar-refractivity contribution < 1.29 is 4.39 Å². The van der Waals surface area contributed by atoms with E-state index in [1.807, 2.05) is 13.8 Å². The normalized spacial score (nSPS) is 11.5. The average molecular weight is 217 g/mol. The number of anilines is 1. The summed E-state index contributed by atoms with van der Waals surface area (Å²) in [5, 5.41) is 3.19. The zero-order valence-corrected chi connectivity index (χ0v) is 9.03. The molecule has 0 atom stereocenters. The zero-order chi connectivity index (χ0) is 10.8. The second kappa shape index (κ2) is 4.15. The molecular formula is C10H14ClFN2. The zero-order valence-electron chi connectivity index (χ0n) is 8.27. The minimum atomic E-state index is -0.413. The van der Waals surface area contributed by atoms with E-state index in [4.69, 9.17) is 17.3 Å². The van der Waals surface area contributed by atoms with Crippen LogP contribution in [0.1, 0.15) is 13.8 Å². The molecule has 1 aromatic carbocycles. The number of hydrogen-bond acceptors (Lipinski definition) is 2. The molecule has 0 bridgehead atoms. The van der Waals surface area contributed by atoms with Crippen LogP contribution in [0.5, 0.6) is 0 Å². The van der Waals surface area contributed by atoms with Crippen LogP contribution in [0.3, 0.4) is 0 Å². The fourth-order valence-electron chi connectivity index (χ4n) is 0.936. The fraction of sp³-hybridized carbons (Fsp3) is 0.400. The minimum Gasteiger partial charge on any atom is -0.383 e. The van der Waals surface area contributed by atoms with Crippen LogP contribution < -0.4 is 11.1 Å². The van der Waals surface area contributed by atoms with Crippen LogP contribution in [-0.4, -0.2) is 12.1 Å². The maximum absolute atomic E-state index is 12.8. The number of nitrogens with one attached hydrogen (secondary N) is 1. The molecule has 0 saturated heterocycles. The quantitative estimate of drug-likeness (QED) is 0.815. The van der Waals surface area contributed by atoms with Gasteiger partial charge in [0.15, 0.2) is 0 Å². The Morgan fingerprint density at radius 2 is 2.14 bits per heavy atom. The molecule has 0 spiro atoms. The molecule has 2 nitrogen and oxygen atoms in total. The van der Waals surface area contributed by atoms with E-state index in [1.54, 1.807) is 12.1 Å². The molecule has 14 heavy (non-hydrogen) atoms. The Bertz CT molecular complexity index is 320. The van der Waals surface area contributed by atoms with E-state index in [0.717, 1.165) is 5.69 Å². The summed E-state index contributed by atoms with van der Waals surface area (Å²) >= 11 is 5.62. The van der Waals surface area contributed by atoms with Gasteiger partial charge in [-0.1, -0.05) is 11.6 Å². The third-order valence-corrected chi connectivity index (χ3v) is 1.96. The van der Waals surface area contributed by atoms with Crippen LogP contribution in [0.2, 0.25) is 5.02 Å². The smallest absolute Gasteiger partial charge is 0.141 e. The highest BCUT2D eigenvalue weighted by Crippen LogP contribution is 2.19. The number of benzene rings is 1. The van der Waals surface area contributed by atoms with Crippen molar-refractivity contribution in [2.75, 3.05) is 11.9 Å². The highest BCUT2D eigenvalue weighted by Gasteiger charge is 2.10. The van der Waals surface area contributed by atoms with Gasteiger partial charge in [0.25, 0.3) is 0 Å². The SMILES string of the molecule is CC(C)(N)CNc1ccc(F)c(Cl)c1. The van der Waals surface area contributed by atoms with Gasteiger partial charge in [-0.25, -0.2) is 4.39 Å². The molecule has 1 rings (SSSR count). The molecule has 0 aliphatic rings. The first kappa shape index (κ1) is 11.3. The van der Waals surface area contributed by atoms with Crippen molar-refractivity contribution in [3.05, 3.63) is 29.0 Å². The van der Waals surface area contributed by atoms with Crippen LogP contribution >= 0.6 is 11.6 Å². The molecular weight excluding hydrogens is 203 g/mol. The van der Waals surface area contributed by atoms with Crippen molar-refractivity contribution >= 4 is 17.3 Å². The van der Waals surface area contributed by atoms with E-state index in [2.05, 4.69) is 5.32 Å². The van der Waals surface area contributed by atoms with E-state index >= 15 is 0 Å². The molecule has 4 heteroatoms. The van der Waals surface area contributed by atoms with E-state index in [1.165, 1.54) is 6.07 Å². The van der Waals surface area contributed by atoms with Crippen molar-refractivity contribution in [3.63, 3.8) is 0 Å². The van der Waals surface area contributed by atoms with E-state index in [0.29, 0.717) is 6.54 Å². The van der Waals surface area contributed by atoms with Gasteiger partial charge in [0, 0.05) is 17.8 Å². The van der Waals surface area contributed by atoms with Gasteiger partial charge >= 0.3 is 0 Å². The predicted molar refractivity (Wildman–Crippen MR) is 58.2 cm³/mol. The van der Waals surface area contributed by atoms with Gasteiger partial charge in [0.1, 0.15) is 5.82 Å². The maximum Gasteiger partial charge on any atom is 0.141 e. The van der Waals surface area contributed by atoms with Gasteiger partial charge in [-0.3, -0.25) is 0 Å². The molecule has 0 aliphatic heterocycles. The molecule has 0 unspecified atom stereocenters. The van der Waals surface area contributed by atoms with Gasteiger partial charge < -0.3 is 11.1 Å². The molecule has 0 aliphatic carbocycles.